The van der Waals surface area contributed by atoms with Crippen LogP contribution in [0.25, 0.3) is 11.0 Å². The molecule has 0 spiro atoms. The average molecular weight is 463 g/mol. The first-order valence-corrected chi connectivity index (χ1v) is 12.3. The van der Waals surface area contributed by atoms with Gasteiger partial charge in [0.15, 0.2) is 0 Å². The Balaban J connectivity index is 1.06. The number of anilines is 1. The van der Waals surface area contributed by atoms with Crippen LogP contribution < -0.4 is 19.9 Å². The number of nitrogens with zero attached hydrogens (tertiary/aromatic N) is 3. The van der Waals surface area contributed by atoms with Crippen molar-refractivity contribution in [3.8, 4) is 11.6 Å². The summed E-state index contributed by atoms with van der Waals surface area (Å²) in [7, 11) is 0. The number of hydrogen-bond acceptors (Lipinski definition) is 6. The lowest BCUT2D eigenvalue weighted by Crippen LogP contribution is -2.47. The maximum atomic E-state index is 11.5. The van der Waals surface area contributed by atoms with E-state index in [1.807, 2.05) is 12.1 Å². The smallest absolute Gasteiger partial charge is 0.249 e. The molecule has 0 aliphatic carbocycles. The summed E-state index contributed by atoms with van der Waals surface area (Å²) in [6.45, 7) is 11.2. The van der Waals surface area contributed by atoms with E-state index in [0.717, 1.165) is 69.7 Å². The van der Waals surface area contributed by atoms with Gasteiger partial charge in [0.1, 0.15) is 11.4 Å². The SMILES string of the molecule is CC1(C)COc2c(cccc2N2CCN(CCCCOc3ccc4ccc(=O)[nH]c4n3)CC2)C1. The quantitative estimate of drug-likeness (QED) is 0.538. The molecule has 0 bridgehead atoms. The first-order chi connectivity index (χ1) is 16.5. The van der Waals surface area contributed by atoms with Crippen molar-refractivity contribution in [1.29, 1.82) is 0 Å². The molecule has 0 unspecified atom stereocenters. The number of pyridine rings is 2. The maximum absolute atomic E-state index is 11.5. The molecule has 7 nitrogen and oxygen atoms in total. The van der Waals surface area contributed by atoms with Crippen molar-refractivity contribution in [2.75, 3.05) is 50.8 Å². The molecule has 1 N–H and O–H groups in total. The third-order valence-electron chi connectivity index (χ3n) is 6.74. The fourth-order valence-electron chi connectivity index (χ4n) is 4.88. The molecule has 3 aromatic rings. The summed E-state index contributed by atoms with van der Waals surface area (Å²) in [5, 5.41) is 0.900. The second-order valence-corrected chi connectivity index (χ2v) is 10.2. The minimum absolute atomic E-state index is 0.152. The number of H-pyrrole nitrogens is 1. The Morgan fingerprint density at radius 1 is 1.06 bits per heavy atom. The molecule has 4 heterocycles. The minimum Gasteiger partial charge on any atom is -0.491 e. The normalized spacial score (nSPS) is 17.9. The number of unbranched alkanes of at least 4 members (excludes halogenated alkanes) is 1. The molecule has 0 saturated carbocycles. The van der Waals surface area contributed by atoms with Gasteiger partial charge in [-0.2, -0.15) is 4.98 Å². The van der Waals surface area contributed by atoms with Crippen LogP contribution in [-0.2, 0) is 6.42 Å². The summed E-state index contributed by atoms with van der Waals surface area (Å²) >= 11 is 0. The number of hydrogen-bond donors (Lipinski definition) is 1. The van der Waals surface area contributed by atoms with Crippen LogP contribution in [0.3, 0.4) is 0 Å². The Morgan fingerprint density at radius 2 is 1.88 bits per heavy atom. The first kappa shape index (κ1) is 22.7. The molecular formula is C27H34N4O3. The Kier molecular flexibility index (Phi) is 6.46. The molecular weight excluding hydrogens is 428 g/mol. The second kappa shape index (κ2) is 9.66. The lowest BCUT2D eigenvalue weighted by atomic mass is 9.84. The minimum atomic E-state index is -0.152. The predicted molar refractivity (Wildman–Crippen MR) is 135 cm³/mol. The molecule has 5 rings (SSSR count). The third-order valence-corrected chi connectivity index (χ3v) is 6.74. The number of fused-ring (bicyclic) bond motifs is 2. The summed E-state index contributed by atoms with van der Waals surface area (Å²) < 4.78 is 12.0. The summed E-state index contributed by atoms with van der Waals surface area (Å²) in [5.74, 6) is 1.65. The number of aromatic amines is 1. The Morgan fingerprint density at radius 3 is 2.74 bits per heavy atom. The molecule has 34 heavy (non-hydrogen) atoms. The van der Waals surface area contributed by atoms with Crippen LogP contribution >= 0.6 is 0 Å². The van der Waals surface area contributed by atoms with E-state index < -0.39 is 0 Å². The van der Waals surface area contributed by atoms with Crippen LogP contribution in [0.15, 0.2) is 47.3 Å². The van der Waals surface area contributed by atoms with Gasteiger partial charge in [-0.1, -0.05) is 26.0 Å². The average Bonchev–Trinajstić information content (AvgIpc) is 2.83. The Labute approximate surface area is 200 Å². The van der Waals surface area contributed by atoms with Crippen molar-refractivity contribution < 1.29 is 9.47 Å². The molecule has 0 radical (unpaired) electrons. The lowest BCUT2D eigenvalue weighted by Gasteiger charge is -2.39. The van der Waals surface area contributed by atoms with E-state index in [4.69, 9.17) is 9.47 Å². The van der Waals surface area contributed by atoms with E-state index in [1.54, 1.807) is 6.07 Å². The van der Waals surface area contributed by atoms with Crippen molar-refractivity contribution in [3.63, 3.8) is 0 Å². The molecule has 180 valence electrons. The molecule has 1 fully saturated rings. The van der Waals surface area contributed by atoms with Gasteiger partial charge >= 0.3 is 0 Å². The van der Waals surface area contributed by atoms with Gasteiger partial charge in [0.25, 0.3) is 0 Å². The Bertz CT molecular complexity index is 1200. The fraction of sp³-hybridized carbons (Fsp3) is 0.481. The Hall–Kier alpha value is -3.06. The highest BCUT2D eigenvalue weighted by atomic mass is 16.5. The van der Waals surface area contributed by atoms with Crippen molar-refractivity contribution in [2.24, 2.45) is 5.41 Å². The van der Waals surface area contributed by atoms with Gasteiger partial charge in [-0.15, -0.1) is 0 Å². The van der Waals surface area contributed by atoms with Crippen LogP contribution in [0.4, 0.5) is 5.69 Å². The molecule has 2 aliphatic rings. The van der Waals surface area contributed by atoms with E-state index in [2.05, 4.69) is 51.8 Å². The molecule has 1 saturated heterocycles. The third kappa shape index (κ3) is 5.20. The monoisotopic (exact) mass is 462 g/mol. The number of rotatable bonds is 7. The molecule has 2 aromatic heterocycles. The standard InChI is InChI=1S/C27H34N4O3/c1-27(2)18-21-6-5-7-22(25(21)34-19-27)31-15-13-30(14-16-31)12-3-4-17-33-24-11-9-20-8-10-23(32)28-26(20)29-24/h5-11H,3-4,12-19H2,1-2H3,(H,28,29,32). The largest absolute Gasteiger partial charge is 0.491 e. The van der Waals surface area contributed by atoms with Gasteiger partial charge in [0.05, 0.1) is 18.9 Å². The van der Waals surface area contributed by atoms with Crippen molar-refractivity contribution in [3.05, 3.63) is 58.4 Å². The topological polar surface area (TPSA) is 70.7 Å². The number of aromatic nitrogens is 2. The number of benzene rings is 1. The number of piperazine rings is 1. The maximum Gasteiger partial charge on any atom is 0.249 e. The van der Waals surface area contributed by atoms with Gasteiger partial charge < -0.3 is 19.4 Å². The second-order valence-electron chi connectivity index (χ2n) is 10.2. The summed E-state index contributed by atoms with van der Waals surface area (Å²) in [6.07, 6.45) is 3.13. The van der Waals surface area contributed by atoms with Crippen LogP contribution in [-0.4, -0.2) is 60.8 Å². The van der Waals surface area contributed by atoms with Gasteiger partial charge in [-0.05, 0) is 49.6 Å². The summed E-state index contributed by atoms with van der Waals surface area (Å²) in [4.78, 5) is 23.6. The highest BCUT2D eigenvalue weighted by molar-refractivity contribution is 5.74. The van der Waals surface area contributed by atoms with Crippen LogP contribution in [0.2, 0.25) is 0 Å². The fourth-order valence-corrected chi connectivity index (χ4v) is 4.88. The van der Waals surface area contributed by atoms with E-state index in [0.29, 0.717) is 18.1 Å². The molecule has 2 aliphatic heterocycles. The molecule has 1 aromatic carbocycles. The van der Waals surface area contributed by atoms with Gasteiger partial charge in [0.2, 0.25) is 11.4 Å². The van der Waals surface area contributed by atoms with Crippen LogP contribution in [0.5, 0.6) is 11.6 Å². The number of para-hydroxylation sites is 1. The zero-order valence-corrected chi connectivity index (χ0v) is 20.2. The van der Waals surface area contributed by atoms with Crippen molar-refractivity contribution in [1.82, 2.24) is 14.9 Å². The first-order valence-electron chi connectivity index (χ1n) is 12.3. The van der Waals surface area contributed by atoms with Crippen molar-refractivity contribution in [2.45, 2.75) is 33.1 Å². The van der Waals surface area contributed by atoms with Crippen LogP contribution in [0.1, 0.15) is 32.3 Å². The molecule has 7 heteroatoms. The van der Waals surface area contributed by atoms with E-state index in [1.165, 1.54) is 17.3 Å². The summed E-state index contributed by atoms with van der Waals surface area (Å²) in [5.41, 5.74) is 3.21. The number of ether oxygens (including phenoxy) is 2. The highest BCUT2D eigenvalue weighted by Crippen LogP contribution is 2.40. The molecule has 0 amide bonds. The zero-order chi connectivity index (χ0) is 23.5. The molecule has 0 atom stereocenters. The van der Waals surface area contributed by atoms with Crippen molar-refractivity contribution >= 4 is 16.7 Å². The zero-order valence-electron chi connectivity index (χ0n) is 20.2. The summed E-state index contributed by atoms with van der Waals surface area (Å²) in [6, 6.07) is 13.6. The van der Waals surface area contributed by atoms with Gasteiger partial charge in [-0.3, -0.25) is 9.69 Å². The van der Waals surface area contributed by atoms with E-state index >= 15 is 0 Å². The number of nitrogens with one attached hydrogen (secondary N) is 1. The highest BCUT2D eigenvalue weighted by Gasteiger charge is 2.30. The van der Waals surface area contributed by atoms with E-state index in [-0.39, 0.29) is 11.0 Å². The van der Waals surface area contributed by atoms with Gasteiger partial charge in [0, 0.05) is 49.1 Å². The van der Waals surface area contributed by atoms with Crippen LogP contribution in [0, 0.1) is 5.41 Å². The lowest BCUT2D eigenvalue weighted by molar-refractivity contribution is 0.155. The van der Waals surface area contributed by atoms with Gasteiger partial charge in [-0.25, -0.2) is 0 Å². The van der Waals surface area contributed by atoms with E-state index in [9.17, 15) is 4.79 Å². The predicted octanol–water partition coefficient (Wildman–Crippen LogP) is 3.87.